The lowest BCUT2D eigenvalue weighted by Crippen LogP contribution is -2.19. The van der Waals surface area contributed by atoms with E-state index in [-0.39, 0.29) is 5.54 Å². The van der Waals surface area contributed by atoms with Crippen LogP contribution in [0.25, 0.3) is 0 Å². The number of hydrogen-bond donors (Lipinski definition) is 0. The van der Waals surface area contributed by atoms with Crippen LogP contribution in [-0.2, 0) is 10.3 Å². The molecule has 3 nitrogen and oxygen atoms in total. The monoisotopic (exact) mass is 304 g/mol. The molecule has 3 rings (SSSR count). The highest BCUT2D eigenvalue weighted by atomic mass is 35.5. The van der Waals surface area contributed by atoms with Crippen LogP contribution in [0.4, 0.5) is 0 Å². The first-order valence-electron chi connectivity index (χ1n) is 7.72. The summed E-state index contributed by atoms with van der Waals surface area (Å²) in [5.74, 6) is 0.519. The Morgan fingerprint density at radius 2 is 2.14 bits per heavy atom. The van der Waals surface area contributed by atoms with Gasteiger partial charge in [0.1, 0.15) is 0 Å². The maximum absolute atomic E-state index is 10.8. The predicted molar refractivity (Wildman–Crippen MR) is 84.6 cm³/mol. The smallest absolute Gasteiger partial charge is 0.235 e. The zero-order valence-corrected chi connectivity index (χ0v) is 13.2. The van der Waals surface area contributed by atoms with E-state index in [0.29, 0.717) is 5.92 Å². The van der Waals surface area contributed by atoms with Gasteiger partial charge in [0.2, 0.25) is 6.08 Å². The zero-order chi connectivity index (χ0) is 14.9. The summed E-state index contributed by atoms with van der Waals surface area (Å²) < 4.78 is 0. The van der Waals surface area contributed by atoms with Crippen LogP contribution in [0.15, 0.2) is 23.2 Å². The second kappa shape index (κ2) is 5.92. The molecular formula is C17H21ClN2O. The van der Waals surface area contributed by atoms with Gasteiger partial charge in [-0.15, -0.1) is 0 Å². The molecule has 1 saturated heterocycles. The normalized spacial score (nSPS) is 25.0. The minimum atomic E-state index is -0.379. The summed E-state index contributed by atoms with van der Waals surface area (Å²) in [4.78, 5) is 17.3. The molecule has 1 unspecified atom stereocenters. The van der Waals surface area contributed by atoms with Gasteiger partial charge in [-0.05, 0) is 56.0 Å². The summed E-state index contributed by atoms with van der Waals surface area (Å²) in [5, 5.41) is 0.820. The van der Waals surface area contributed by atoms with Crippen LogP contribution in [0, 0.1) is 0 Å². The molecule has 4 heteroatoms. The molecule has 1 aromatic carbocycles. The molecule has 0 aromatic heterocycles. The van der Waals surface area contributed by atoms with E-state index in [1.54, 1.807) is 6.08 Å². The maximum Gasteiger partial charge on any atom is 0.235 e. The third-order valence-electron chi connectivity index (χ3n) is 5.06. The third kappa shape index (κ3) is 2.78. The van der Waals surface area contributed by atoms with Crippen LogP contribution >= 0.6 is 11.6 Å². The third-order valence-corrected chi connectivity index (χ3v) is 5.39. The van der Waals surface area contributed by atoms with Gasteiger partial charge < -0.3 is 4.90 Å². The number of likely N-dealkylation sites (tertiary alicyclic amines) is 1. The Balaban J connectivity index is 1.92. The van der Waals surface area contributed by atoms with Crippen molar-refractivity contribution >= 4 is 17.7 Å². The molecule has 0 N–H and O–H groups in total. The summed E-state index contributed by atoms with van der Waals surface area (Å²) >= 11 is 6.54. The topological polar surface area (TPSA) is 32.7 Å². The van der Waals surface area contributed by atoms with Crippen LogP contribution in [0.2, 0.25) is 5.02 Å². The van der Waals surface area contributed by atoms with Gasteiger partial charge in [0, 0.05) is 11.6 Å². The molecule has 2 fully saturated rings. The Bertz CT molecular complexity index is 574. The van der Waals surface area contributed by atoms with E-state index in [4.69, 9.17) is 11.6 Å². The molecule has 0 amide bonds. The number of isocyanates is 1. The van der Waals surface area contributed by atoms with E-state index in [1.165, 1.54) is 5.56 Å². The fraction of sp³-hybridized carbons (Fsp3) is 0.588. The van der Waals surface area contributed by atoms with Crippen molar-refractivity contribution in [3.05, 3.63) is 34.3 Å². The summed E-state index contributed by atoms with van der Waals surface area (Å²) in [6.07, 6.45) is 6.99. The van der Waals surface area contributed by atoms with Crippen molar-refractivity contribution in [2.75, 3.05) is 20.1 Å². The van der Waals surface area contributed by atoms with E-state index in [9.17, 15) is 4.79 Å². The molecule has 2 aliphatic rings. The average molecular weight is 305 g/mol. The van der Waals surface area contributed by atoms with Crippen molar-refractivity contribution < 1.29 is 4.79 Å². The van der Waals surface area contributed by atoms with Gasteiger partial charge in [0.25, 0.3) is 0 Å². The number of benzene rings is 1. The van der Waals surface area contributed by atoms with E-state index < -0.39 is 0 Å². The average Bonchev–Trinajstić information content (AvgIpc) is 3.09. The first-order valence-corrected chi connectivity index (χ1v) is 8.10. The number of aliphatic imine (C=N–C) groups is 1. The second-order valence-electron chi connectivity index (χ2n) is 6.43. The molecule has 1 atom stereocenters. The van der Waals surface area contributed by atoms with Gasteiger partial charge in [0.05, 0.1) is 5.54 Å². The standard InChI is InChI=1S/C17H21ClN2O/c1-20-9-6-13(11-20)15-5-4-14(10-16(15)18)17(19-12-21)7-2-3-8-17/h4-5,10,13H,2-3,6-9,11H2,1H3. The second-order valence-corrected chi connectivity index (χ2v) is 6.83. The Labute approximate surface area is 131 Å². The van der Waals surface area contributed by atoms with E-state index >= 15 is 0 Å². The predicted octanol–water partition coefficient (Wildman–Crippen LogP) is 3.86. The number of likely N-dealkylation sites (N-methyl/N-ethyl adjacent to an activating group) is 1. The van der Waals surface area contributed by atoms with Crippen molar-refractivity contribution in [2.45, 2.75) is 43.6 Å². The number of halogens is 1. The fourth-order valence-corrected chi connectivity index (χ4v) is 4.18. The SMILES string of the molecule is CN1CCC(c2ccc(C3(N=C=O)CCCC3)cc2Cl)C1. The minimum absolute atomic E-state index is 0.379. The number of carbonyl (C=O) groups excluding carboxylic acids is 1. The van der Waals surface area contributed by atoms with Gasteiger partial charge in [0.15, 0.2) is 0 Å². The molecule has 0 spiro atoms. The molecule has 0 radical (unpaired) electrons. The molecule has 1 aliphatic carbocycles. The minimum Gasteiger partial charge on any atom is -0.306 e. The Hall–Kier alpha value is -1.15. The fourth-order valence-electron chi connectivity index (χ4n) is 3.85. The summed E-state index contributed by atoms with van der Waals surface area (Å²) in [6, 6.07) is 6.29. The van der Waals surface area contributed by atoms with Gasteiger partial charge in [-0.3, -0.25) is 0 Å². The van der Waals surface area contributed by atoms with Crippen LogP contribution in [0.1, 0.15) is 49.1 Å². The van der Waals surface area contributed by atoms with Gasteiger partial charge in [-0.2, -0.15) is 4.99 Å². The lowest BCUT2D eigenvalue weighted by molar-refractivity contribution is 0.411. The van der Waals surface area contributed by atoms with Crippen molar-refractivity contribution in [1.82, 2.24) is 4.90 Å². The van der Waals surface area contributed by atoms with E-state index in [2.05, 4.69) is 29.1 Å². The Kier molecular flexibility index (Phi) is 4.17. The Morgan fingerprint density at radius 3 is 2.71 bits per heavy atom. The highest BCUT2D eigenvalue weighted by Gasteiger charge is 2.36. The number of hydrogen-bond acceptors (Lipinski definition) is 3. The van der Waals surface area contributed by atoms with E-state index in [1.807, 2.05) is 6.07 Å². The lowest BCUT2D eigenvalue weighted by atomic mass is 9.87. The highest BCUT2D eigenvalue weighted by Crippen LogP contribution is 2.44. The quantitative estimate of drug-likeness (QED) is 0.627. The van der Waals surface area contributed by atoms with Crippen LogP contribution < -0.4 is 0 Å². The summed E-state index contributed by atoms with van der Waals surface area (Å²) in [5.41, 5.74) is 1.92. The molecule has 1 saturated carbocycles. The molecule has 1 aliphatic heterocycles. The van der Waals surface area contributed by atoms with Crippen molar-refractivity contribution in [3.8, 4) is 0 Å². The largest absolute Gasteiger partial charge is 0.306 e. The van der Waals surface area contributed by atoms with Gasteiger partial charge in [-0.1, -0.05) is 36.6 Å². The first-order chi connectivity index (χ1) is 10.1. The molecular weight excluding hydrogens is 284 g/mol. The van der Waals surface area contributed by atoms with Crippen LogP contribution in [0.5, 0.6) is 0 Å². The van der Waals surface area contributed by atoms with Crippen molar-refractivity contribution in [1.29, 1.82) is 0 Å². The van der Waals surface area contributed by atoms with Crippen molar-refractivity contribution in [3.63, 3.8) is 0 Å². The summed E-state index contributed by atoms with van der Waals surface area (Å²) in [7, 11) is 2.15. The number of rotatable bonds is 3. The number of nitrogens with zero attached hydrogens (tertiary/aromatic N) is 2. The highest BCUT2D eigenvalue weighted by molar-refractivity contribution is 6.31. The van der Waals surface area contributed by atoms with Gasteiger partial charge in [-0.25, -0.2) is 4.79 Å². The maximum atomic E-state index is 10.8. The van der Waals surface area contributed by atoms with Crippen LogP contribution in [-0.4, -0.2) is 31.1 Å². The first kappa shape index (κ1) is 14.8. The molecule has 1 aromatic rings. The van der Waals surface area contributed by atoms with Crippen LogP contribution in [0.3, 0.4) is 0 Å². The molecule has 1 heterocycles. The zero-order valence-electron chi connectivity index (χ0n) is 12.4. The molecule has 21 heavy (non-hydrogen) atoms. The lowest BCUT2D eigenvalue weighted by Gasteiger charge is -2.24. The van der Waals surface area contributed by atoms with Gasteiger partial charge >= 0.3 is 0 Å². The molecule has 0 bridgehead atoms. The Morgan fingerprint density at radius 1 is 1.38 bits per heavy atom. The van der Waals surface area contributed by atoms with Crippen molar-refractivity contribution in [2.24, 2.45) is 4.99 Å². The van der Waals surface area contributed by atoms with E-state index in [0.717, 1.165) is 55.8 Å². The summed E-state index contributed by atoms with van der Waals surface area (Å²) in [6.45, 7) is 2.19. The molecule has 112 valence electrons.